The van der Waals surface area contributed by atoms with Gasteiger partial charge >= 0.3 is 11.4 Å². The number of β-amino-alcohol motifs (C(OH)–C–C–N with tert-alkyl or cyclic N) is 1. The SMILES string of the molecule is Cl.N#Cc1c(-c2ccccc2)[n+]([O-])c2cc(F)c(N3CCN(CCO)CC3)cc2[n+]1[O-]. The van der Waals surface area contributed by atoms with Gasteiger partial charge in [0, 0.05) is 38.8 Å². The Balaban J connectivity index is 0.00000272. The average molecular weight is 446 g/mol. The number of piperazine rings is 1. The number of rotatable bonds is 4. The van der Waals surface area contributed by atoms with E-state index in [2.05, 4.69) is 4.90 Å². The normalized spacial score (nSPS) is 14.3. The van der Waals surface area contributed by atoms with Gasteiger partial charge in [-0.15, -0.1) is 17.1 Å². The summed E-state index contributed by atoms with van der Waals surface area (Å²) in [7, 11) is 0. The number of hydrogen-bond donors (Lipinski definition) is 1. The molecule has 0 atom stereocenters. The Morgan fingerprint density at radius 3 is 2.29 bits per heavy atom. The van der Waals surface area contributed by atoms with Crippen LogP contribution in [0.4, 0.5) is 10.1 Å². The van der Waals surface area contributed by atoms with Crippen LogP contribution in [0.2, 0.25) is 0 Å². The van der Waals surface area contributed by atoms with Crippen molar-refractivity contribution in [2.24, 2.45) is 0 Å². The zero-order valence-corrected chi connectivity index (χ0v) is 17.4. The first-order valence-electron chi connectivity index (χ1n) is 9.61. The van der Waals surface area contributed by atoms with E-state index in [9.17, 15) is 20.1 Å². The summed E-state index contributed by atoms with van der Waals surface area (Å²) in [6, 6.07) is 12.6. The maximum absolute atomic E-state index is 15.0. The standard InChI is InChI=1S/C21H20FN5O3.ClH/c22-16-12-18-19(13-17(16)25-8-6-24(7-9-25)10-11-28)26(29)20(14-23)21(27(18)30)15-4-2-1-3-5-15;/h1-5,12-13,28H,6-11H2;1H. The van der Waals surface area contributed by atoms with Crippen LogP contribution in [-0.2, 0) is 0 Å². The number of aliphatic hydroxyl groups is 1. The lowest BCUT2D eigenvalue weighted by atomic mass is 10.1. The molecule has 3 aromatic rings. The van der Waals surface area contributed by atoms with Crippen LogP contribution < -0.4 is 14.4 Å². The van der Waals surface area contributed by atoms with Crippen molar-refractivity contribution in [3.63, 3.8) is 0 Å². The fraction of sp³-hybridized carbons (Fsp3) is 0.286. The number of hydrogen-bond acceptors (Lipinski definition) is 6. The number of benzene rings is 2. The van der Waals surface area contributed by atoms with Gasteiger partial charge in [0.2, 0.25) is 0 Å². The lowest BCUT2D eigenvalue weighted by molar-refractivity contribution is -0.622. The number of nitriles is 1. The summed E-state index contributed by atoms with van der Waals surface area (Å²) in [5.41, 5.74) is -0.0232. The minimum absolute atomic E-state index is 0. The molecule has 1 fully saturated rings. The fourth-order valence-corrected chi connectivity index (χ4v) is 3.84. The van der Waals surface area contributed by atoms with E-state index in [0.29, 0.717) is 47.7 Å². The summed E-state index contributed by atoms with van der Waals surface area (Å²) in [6.07, 6.45) is 0. The van der Waals surface area contributed by atoms with E-state index < -0.39 is 5.82 Å². The smallest absolute Gasteiger partial charge is 0.369 e. The van der Waals surface area contributed by atoms with E-state index in [-0.39, 0.29) is 47.1 Å². The molecule has 4 rings (SSSR count). The molecule has 162 valence electrons. The molecule has 1 aromatic heterocycles. The first kappa shape index (κ1) is 22.5. The topological polar surface area (TPSA) is 104 Å². The molecule has 1 saturated heterocycles. The highest BCUT2D eigenvalue weighted by Crippen LogP contribution is 2.27. The number of aromatic nitrogens is 2. The van der Waals surface area contributed by atoms with Gasteiger partial charge in [-0.25, -0.2) is 4.39 Å². The van der Waals surface area contributed by atoms with Crippen molar-refractivity contribution in [2.45, 2.75) is 0 Å². The molecule has 0 unspecified atom stereocenters. The molecule has 10 heteroatoms. The lowest BCUT2D eigenvalue weighted by Gasteiger charge is -2.35. The second kappa shape index (κ2) is 9.31. The van der Waals surface area contributed by atoms with Gasteiger partial charge in [-0.1, -0.05) is 18.2 Å². The maximum Gasteiger partial charge on any atom is 0.369 e. The largest absolute Gasteiger partial charge is 0.617 e. The van der Waals surface area contributed by atoms with Crippen LogP contribution in [0, 0.1) is 27.6 Å². The van der Waals surface area contributed by atoms with Crippen LogP contribution in [-0.4, -0.2) is 49.3 Å². The Labute approximate surface area is 184 Å². The number of fused-ring (bicyclic) bond motifs is 1. The van der Waals surface area contributed by atoms with Gasteiger partial charge < -0.3 is 20.4 Å². The Morgan fingerprint density at radius 2 is 1.68 bits per heavy atom. The minimum Gasteiger partial charge on any atom is -0.617 e. The fourth-order valence-electron chi connectivity index (χ4n) is 3.84. The van der Waals surface area contributed by atoms with Gasteiger partial charge in [0.25, 0.3) is 11.0 Å². The summed E-state index contributed by atoms with van der Waals surface area (Å²) in [6.45, 7) is 2.95. The summed E-state index contributed by atoms with van der Waals surface area (Å²) in [4.78, 5) is 3.86. The Morgan fingerprint density at radius 1 is 1.03 bits per heavy atom. The molecule has 0 amide bonds. The van der Waals surface area contributed by atoms with E-state index in [0.717, 1.165) is 6.07 Å². The zero-order valence-electron chi connectivity index (χ0n) is 16.6. The monoisotopic (exact) mass is 445 g/mol. The van der Waals surface area contributed by atoms with Gasteiger partial charge in [-0.2, -0.15) is 9.99 Å². The van der Waals surface area contributed by atoms with Crippen LogP contribution in [0.25, 0.3) is 22.3 Å². The third-order valence-electron chi connectivity index (χ3n) is 5.39. The van der Waals surface area contributed by atoms with Crippen molar-refractivity contribution in [2.75, 3.05) is 44.2 Å². The van der Waals surface area contributed by atoms with Crippen LogP contribution >= 0.6 is 12.4 Å². The van der Waals surface area contributed by atoms with Gasteiger partial charge in [0.1, 0.15) is 0 Å². The van der Waals surface area contributed by atoms with E-state index in [1.54, 1.807) is 35.2 Å². The Kier molecular flexibility index (Phi) is 6.75. The predicted octanol–water partition coefficient (Wildman–Crippen LogP) is 1.32. The molecule has 0 bridgehead atoms. The average Bonchev–Trinajstić information content (AvgIpc) is 2.77. The lowest BCUT2D eigenvalue weighted by Crippen LogP contribution is -2.48. The van der Waals surface area contributed by atoms with Gasteiger partial charge in [0.05, 0.1) is 23.9 Å². The molecule has 1 aliphatic rings. The third-order valence-corrected chi connectivity index (χ3v) is 5.39. The molecule has 8 nitrogen and oxygen atoms in total. The van der Waals surface area contributed by atoms with Crippen molar-refractivity contribution >= 4 is 29.1 Å². The Hall–Kier alpha value is -3.19. The van der Waals surface area contributed by atoms with Crippen molar-refractivity contribution in [3.05, 3.63) is 64.4 Å². The van der Waals surface area contributed by atoms with E-state index in [1.807, 2.05) is 6.07 Å². The van der Waals surface area contributed by atoms with E-state index >= 15 is 0 Å². The number of anilines is 1. The molecule has 0 saturated carbocycles. The summed E-state index contributed by atoms with van der Waals surface area (Å²) in [5, 5.41) is 44.6. The molecule has 0 radical (unpaired) electrons. The molecule has 0 spiro atoms. The summed E-state index contributed by atoms with van der Waals surface area (Å²) in [5.74, 6) is -0.605. The second-order valence-electron chi connectivity index (χ2n) is 7.11. The molecule has 2 aromatic carbocycles. The molecule has 31 heavy (non-hydrogen) atoms. The first-order chi connectivity index (χ1) is 14.5. The number of halogens is 2. The molecular formula is C21H21ClFN5O3. The van der Waals surface area contributed by atoms with Gasteiger partial charge in [-0.3, -0.25) is 4.90 Å². The van der Waals surface area contributed by atoms with Crippen molar-refractivity contribution < 1.29 is 19.0 Å². The highest BCUT2D eigenvalue weighted by atomic mass is 35.5. The first-order valence-corrected chi connectivity index (χ1v) is 9.61. The van der Waals surface area contributed by atoms with Crippen LogP contribution in [0.1, 0.15) is 5.69 Å². The number of aliphatic hydroxyl groups excluding tert-OH is 1. The van der Waals surface area contributed by atoms with E-state index in [4.69, 9.17) is 5.11 Å². The summed E-state index contributed by atoms with van der Waals surface area (Å²) < 4.78 is 15.8. The van der Waals surface area contributed by atoms with Crippen LogP contribution in [0.15, 0.2) is 42.5 Å². The zero-order chi connectivity index (χ0) is 21.3. The Bertz CT molecular complexity index is 1130. The van der Waals surface area contributed by atoms with Crippen molar-refractivity contribution in [1.29, 1.82) is 5.26 Å². The van der Waals surface area contributed by atoms with Gasteiger partial charge in [-0.05, 0) is 12.1 Å². The molecule has 2 heterocycles. The molecule has 1 N–H and O–H groups in total. The molecular weight excluding hydrogens is 425 g/mol. The highest BCUT2D eigenvalue weighted by molar-refractivity contribution is 5.85. The van der Waals surface area contributed by atoms with Crippen LogP contribution in [0.3, 0.4) is 0 Å². The van der Waals surface area contributed by atoms with Crippen molar-refractivity contribution in [3.8, 4) is 17.3 Å². The highest BCUT2D eigenvalue weighted by Gasteiger charge is 2.32. The molecule has 1 aliphatic heterocycles. The third kappa shape index (κ3) is 4.05. The van der Waals surface area contributed by atoms with Crippen LogP contribution in [0.5, 0.6) is 0 Å². The van der Waals surface area contributed by atoms with Crippen molar-refractivity contribution in [1.82, 2.24) is 4.90 Å². The minimum atomic E-state index is -0.605. The second-order valence-corrected chi connectivity index (χ2v) is 7.11. The summed E-state index contributed by atoms with van der Waals surface area (Å²) >= 11 is 0. The number of nitrogens with zero attached hydrogens (tertiary/aromatic N) is 5. The quantitative estimate of drug-likeness (QED) is 0.479. The van der Waals surface area contributed by atoms with Gasteiger partial charge in [0.15, 0.2) is 11.9 Å². The van der Waals surface area contributed by atoms with E-state index in [1.165, 1.54) is 6.07 Å². The molecule has 0 aliphatic carbocycles. The maximum atomic E-state index is 15.0. The predicted molar refractivity (Wildman–Crippen MR) is 115 cm³/mol.